The third-order valence-corrected chi connectivity index (χ3v) is 2.70. The molecular formula is C14H10F4O. The van der Waals surface area contributed by atoms with Crippen molar-refractivity contribution in [2.45, 2.75) is 12.5 Å². The first-order valence-electron chi connectivity index (χ1n) is 5.54. The van der Waals surface area contributed by atoms with E-state index in [1.807, 2.05) is 0 Å². The lowest BCUT2D eigenvalue weighted by atomic mass is 10.0. The molecule has 0 aliphatic heterocycles. The molecule has 0 saturated carbocycles. The summed E-state index contributed by atoms with van der Waals surface area (Å²) in [7, 11) is 0. The molecule has 19 heavy (non-hydrogen) atoms. The number of aliphatic hydroxyl groups excluding tert-OH is 1. The molecule has 2 aromatic carbocycles. The van der Waals surface area contributed by atoms with Crippen molar-refractivity contribution >= 4 is 0 Å². The first-order chi connectivity index (χ1) is 8.97. The molecule has 1 atom stereocenters. The van der Waals surface area contributed by atoms with Crippen LogP contribution in [0.4, 0.5) is 17.6 Å². The van der Waals surface area contributed by atoms with Gasteiger partial charge in [0.25, 0.3) is 0 Å². The third kappa shape index (κ3) is 3.12. The second-order valence-corrected chi connectivity index (χ2v) is 4.13. The van der Waals surface area contributed by atoms with E-state index in [0.29, 0.717) is 17.7 Å². The Hall–Kier alpha value is -1.88. The van der Waals surface area contributed by atoms with Crippen LogP contribution in [0.2, 0.25) is 0 Å². The van der Waals surface area contributed by atoms with E-state index >= 15 is 0 Å². The maximum absolute atomic E-state index is 13.4. The number of aliphatic hydroxyl groups is 1. The lowest BCUT2D eigenvalue weighted by Gasteiger charge is -2.13. The van der Waals surface area contributed by atoms with E-state index in [1.54, 1.807) is 0 Å². The van der Waals surface area contributed by atoms with Crippen LogP contribution in [0.15, 0.2) is 36.4 Å². The third-order valence-electron chi connectivity index (χ3n) is 2.70. The van der Waals surface area contributed by atoms with Gasteiger partial charge in [-0.05, 0) is 17.7 Å². The molecule has 0 fully saturated rings. The van der Waals surface area contributed by atoms with Gasteiger partial charge in [-0.25, -0.2) is 17.6 Å². The predicted octanol–water partition coefficient (Wildman–Crippen LogP) is 3.52. The summed E-state index contributed by atoms with van der Waals surface area (Å²) in [5.41, 5.74) is -0.235. The van der Waals surface area contributed by atoms with E-state index in [1.165, 1.54) is 18.2 Å². The van der Waals surface area contributed by atoms with Crippen LogP contribution in [0.25, 0.3) is 0 Å². The Bertz CT molecular complexity index is 575. The van der Waals surface area contributed by atoms with Crippen LogP contribution in [0.5, 0.6) is 0 Å². The topological polar surface area (TPSA) is 20.2 Å². The fourth-order valence-corrected chi connectivity index (χ4v) is 1.86. The highest BCUT2D eigenvalue weighted by atomic mass is 19.1. The second kappa shape index (κ2) is 5.40. The molecule has 5 heteroatoms. The minimum Gasteiger partial charge on any atom is -0.388 e. The molecule has 2 aromatic rings. The Morgan fingerprint density at radius 2 is 1.53 bits per heavy atom. The molecule has 0 aliphatic carbocycles. The molecule has 0 saturated heterocycles. The van der Waals surface area contributed by atoms with Crippen LogP contribution < -0.4 is 0 Å². The normalized spacial score (nSPS) is 12.5. The van der Waals surface area contributed by atoms with Crippen molar-refractivity contribution in [3.63, 3.8) is 0 Å². The van der Waals surface area contributed by atoms with Crippen LogP contribution in [0.1, 0.15) is 17.2 Å². The Balaban J connectivity index is 2.28. The highest BCUT2D eigenvalue weighted by Crippen LogP contribution is 2.25. The summed E-state index contributed by atoms with van der Waals surface area (Å²) in [6.45, 7) is 0. The maximum atomic E-state index is 13.4. The van der Waals surface area contributed by atoms with Gasteiger partial charge in [0, 0.05) is 18.6 Å². The van der Waals surface area contributed by atoms with Gasteiger partial charge in [0.05, 0.1) is 11.7 Å². The number of rotatable bonds is 3. The Morgan fingerprint density at radius 1 is 0.895 bits per heavy atom. The van der Waals surface area contributed by atoms with Gasteiger partial charge in [0.1, 0.15) is 23.3 Å². The minimum absolute atomic E-state index is 0.169. The number of hydrogen-bond donors (Lipinski definition) is 1. The average molecular weight is 270 g/mol. The summed E-state index contributed by atoms with van der Waals surface area (Å²) in [4.78, 5) is 0. The van der Waals surface area contributed by atoms with Crippen molar-refractivity contribution in [2.24, 2.45) is 0 Å². The van der Waals surface area contributed by atoms with Crippen molar-refractivity contribution in [1.82, 2.24) is 0 Å². The van der Waals surface area contributed by atoms with E-state index in [9.17, 15) is 22.7 Å². The molecule has 1 nitrogen and oxygen atoms in total. The van der Waals surface area contributed by atoms with Gasteiger partial charge in [-0.3, -0.25) is 0 Å². The standard InChI is InChI=1S/C14H10F4O/c15-9-3-1-2-8(4-9)5-13(19)14-11(17)6-10(16)7-12(14)18/h1-4,6-7,13,19H,5H2. The van der Waals surface area contributed by atoms with Gasteiger partial charge in [-0.2, -0.15) is 0 Å². The van der Waals surface area contributed by atoms with Gasteiger partial charge in [-0.15, -0.1) is 0 Å². The van der Waals surface area contributed by atoms with E-state index in [2.05, 4.69) is 0 Å². The van der Waals surface area contributed by atoms with E-state index < -0.39 is 34.9 Å². The molecule has 0 spiro atoms. The highest BCUT2D eigenvalue weighted by molar-refractivity contribution is 5.26. The van der Waals surface area contributed by atoms with E-state index in [0.717, 1.165) is 6.07 Å². The van der Waals surface area contributed by atoms with Crippen LogP contribution in [-0.4, -0.2) is 5.11 Å². The number of hydrogen-bond acceptors (Lipinski definition) is 1. The zero-order valence-corrected chi connectivity index (χ0v) is 9.71. The smallest absolute Gasteiger partial charge is 0.134 e. The van der Waals surface area contributed by atoms with Crippen molar-refractivity contribution in [2.75, 3.05) is 0 Å². The van der Waals surface area contributed by atoms with E-state index in [-0.39, 0.29) is 6.42 Å². The average Bonchev–Trinajstić information content (AvgIpc) is 2.27. The van der Waals surface area contributed by atoms with Crippen molar-refractivity contribution < 1.29 is 22.7 Å². The molecule has 0 amide bonds. The zero-order chi connectivity index (χ0) is 14.0. The quantitative estimate of drug-likeness (QED) is 0.846. The molecule has 0 aliphatic rings. The predicted molar refractivity (Wildman–Crippen MR) is 61.4 cm³/mol. The Labute approximate surface area is 107 Å². The van der Waals surface area contributed by atoms with Gasteiger partial charge >= 0.3 is 0 Å². The molecule has 0 heterocycles. The van der Waals surface area contributed by atoms with Crippen LogP contribution in [-0.2, 0) is 6.42 Å². The lowest BCUT2D eigenvalue weighted by molar-refractivity contribution is 0.168. The van der Waals surface area contributed by atoms with E-state index in [4.69, 9.17) is 0 Å². The summed E-state index contributed by atoms with van der Waals surface area (Å²) in [5.74, 6) is -3.90. The van der Waals surface area contributed by atoms with Crippen molar-refractivity contribution in [3.05, 3.63) is 70.8 Å². The minimum atomic E-state index is -1.51. The highest BCUT2D eigenvalue weighted by Gasteiger charge is 2.19. The number of benzene rings is 2. The lowest BCUT2D eigenvalue weighted by Crippen LogP contribution is -2.08. The first kappa shape index (κ1) is 13.5. The molecule has 1 N–H and O–H groups in total. The summed E-state index contributed by atoms with van der Waals surface area (Å²) in [6.07, 6.45) is -1.68. The molecule has 100 valence electrons. The van der Waals surface area contributed by atoms with Crippen LogP contribution >= 0.6 is 0 Å². The molecule has 2 rings (SSSR count). The molecular weight excluding hydrogens is 260 g/mol. The summed E-state index contributed by atoms with van der Waals surface area (Å²) >= 11 is 0. The zero-order valence-electron chi connectivity index (χ0n) is 9.71. The largest absolute Gasteiger partial charge is 0.388 e. The Kier molecular flexibility index (Phi) is 3.85. The molecule has 0 bridgehead atoms. The number of halogens is 4. The Morgan fingerprint density at radius 3 is 2.11 bits per heavy atom. The van der Waals surface area contributed by atoms with Crippen LogP contribution in [0.3, 0.4) is 0 Å². The van der Waals surface area contributed by atoms with Crippen molar-refractivity contribution in [1.29, 1.82) is 0 Å². The SMILES string of the molecule is OC(Cc1cccc(F)c1)c1c(F)cc(F)cc1F. The van der Waals surface area contributed by atoms with Gasteiger partial charge in [0.2, 0.25) is 0 Å². The second-order valence-electron chi connectivity index (χ2n) is 4.13. The fraction of sp³-hybridized carbons (Fsp3) is 0.143. The maximum Gasteiger partial charge on any atom is 0.134 e. The summed E-state index contributed by atoms with van der Waals surface area (Å²) in [5, 5.41) is 9.79. The monoisotopic (exact) mass is 270 g/mol. The van der Waals surface area contributed by atoms with Crippen LogP contribution in [0, 0.1) is 23.3 Å². The summed E-state index contributed by atoms with van der Waals surface area (Å²) in [6, 6.07) is 6.30. The van der Waals surface area contributed by atoms with Crippen molar-refractivity contribution in [3.8, 4) is 0 Å². The summed E-state index contributed by atoms with van der Waals surface area (Å²) < 4.78 is 52.6. The molecule has 0 aromatic heterocycles. The molecule has 1 unspecified atom stereocenters. The molecule has 0 radical (unpaired) electrons. The first-order valence-corrected chi connectivity index (χ1v) is 5.54. The van der Waals surface area contributed by atoms with Gasteiger partial charge in [0.15, 0.2) is 0 Å². The fourth-order valence-electron chi connectivity index (χ4n) is 1.86. The van der Waals surface area contributed by atoms with Gasteiger partial charge in [-0.1, -0.05) is 12.1 Å². The van der Waals surface area contributed by atoms with Gasteiger partial charge < -0.3 is 5.11 Å².